The third-order valence-corrected chi connectivity index (χ3v) is 2.79. The summed E-state index contributed by atoms with van der Waals surface area (Å²) in [6.45, 7) is 3.90. The van der Waals surface area contributed by atoms with Crippen molar-refractivity contribution in [2.75, 3.05) is 31.1 Å². The lowest BCUT2D eigenvalue weighted by Crippen LogP contribution is -2.44. The van der Waals surface area contributed by atoms with Crippen LogP contribution >= 0.6 is 0 Å². The molecule has 6 heteroatoms. The number of hydrogen-bond acceptors (Lipinski definition) is 5. The molecule has 1 saturated heterocycles. The molecule has 0 spiro atoms. The van der Waals surface area contributed by atoms with Crippen LogP contribution in [0.5, 0.6) is 0 Å². The van der Waals surface area contributed by atoms with E-state index in [1.54, 1.807) is 23.3 Å². The van der Waals surface area contributed by atoms with Crippen LogP contribution in [0.3, 0.4) is 0 Å². The average Bonchev–Trinajstić information content (AvgIpc) is 2.94. The van der Waals surface area contributed by atoms with Crippen molar-refractivity contribution in [3.63, 3.8) is 0 Å². The van der Waals surface area contributed by atoms with Crippen molar-refractivity contribution in [3.05, 3.63) is 30.9 Å². The second-order valence-corrected chi connectivity index (χ2v) is 3.93. The fourth-order valence-corrected chi connectivity index (χ4v) is 1.88. The van der Waals surface area contributed by atoms with E-state index in [1.807, 2.05) is 12.3 Å². The predicted molar refractivity (Wildman–Crippen MR) is 64.2 cm³/mol. The van der Waals surface area contributed by atoms with E-state index in [0.29, 0.717) is 0 Å². The van der Waals surface area contributed by atoms with Gasteiger partial charge in [0.05, 0.1) is 12.4 Å². The van der Waals surface area contributed by atoms with Gasteiger partial charge in [0.15, 0.2) is 0 Å². The molecule has 0 bridgehead atoms. The van der Waals surface area contributed by atoms with Gasteiger partial charge in [-0.2, -0.15) is 5.10 Å². The van der Waals surface area contributed by atoms with E-state index in [2.05, 4.69) is 25.3 Å². The Morgan fingerprint density at radius 1 is 1.12 bits per heavy atom. The SMILES string of the molecule is c1cnn(-c2cnc(N3CCNCC3)nc2)c1. The molecule has 1 aliphatic rings. The van der Waals surface area contributed by atoms with Crippen LogP contribution in [0.2, 0.25) is 0 Å². The summed E-state index contributed by atoms with van der Waals surface area (Å²) in [6, 6.07) is 1.88. The molecule has 3 heterocycles. The number of nitrogens with zero attached hydrogens (tertiary/aromatic N) is 5. The van der Waals surface area contributed by atoms with Gasteiger partial charge in [-0.05, 0) is 6.07 Å². The maximum atomic E-state index is 4.38. The number of anilines is 1. The second-order valence-electron chi connectivity index (χ2n) is 3.93. The first-order valence-corrected chi connectivity index (χ1v) is 5.71. The number of nitrogens with one attached hydrogen (secondary N) is 1. The third-order valence-electron chi connectivity index (χ3n) is 2.79. The highest BCUT2D eigenvalue weighted by molar-refractivity contribution is 5.34. The first kappa shape index (κ1) is 10.2. The summed E-state index contributed by atoms with van der Waals surface area (Å²) in [5.74, 6) is 0.794. The number of hydrogen-bond donors (Lipinski definition) is 1. The molecule has 1 N–H and O–H groups in total. The molecule has 0 amide bonds. The quantitative estimate of drug-likeness (QED) is 0.791. The summed E-state index contributed by atoms with van der Waals surface area (Å²) < 4.78 is 1.75. The Morgan fingerprint density at radius 3 is 2.53 bits per heavy atom. The van der Waals surface area contributed by atoms with E-state index in [1.165, 1.54) is 0 Å². The van der Waals surface area contributed by atoms with Crippen molar-refractivity contribution in [2.24, 2.45) is 0 Å². The molecule has 6 nitrogen and oxygen atoms in total. The number of rotatable bonds is 2. The molecule has 3 rings (SSSR count). The Labute approximate surface area is 99.3 Å². The molecule has 0 aromatic carbocycles. The van der Waals surface area contributed by atoms with E-state index in [0.717, 1.165) is 37.8 Å². The van der Waals surface area contributed by atoms with E-state index < -0.39 is 0 Å². The van der Waals surface area contributed by atoms with Gasteiger partial charge in [0.1, 0.15) is 5.69 Å². The molecule has 0 saturated carbocycles. The van der Waals surface area contributed by atoms with Gasteiger partial charge in [-0.25, -0.2) is 14.6 Å². The van der Waals surface area contributed by atoms with Crippen LogP contribution in [0.1, 0.15) is 0 Å². The highest BCUT2D eigenvalue weighted by Gasteiger charge is 2.12. The first-order valence-electron chi connectivity index (χ1n) is 5.71. The maximum Gasteiger partial charge on any atom is 0.225 e. The first-order chi connectivity index (χ1) is 8.43. The minimum atomic E-state index is 0.794. The molecule has 0 unspecified atom stereocenters. The monoisotopic (exact) mass is 230 g/mol. The largest absolute Gasteiger partial charge is 0.338 e. The smallest absolute Gasteiger partial charge is 0.225 e. The zero-order valence-corrected chi connectivity index (χ0v) is 9.45. The van der Waals surface area contributed by atoms with E-state index >= 15 is 0 Å². The summed E-state index contributed by atoms with van der Waals surface area (Å²) in [4.78, 5) is 11.0. The van der Waals surface area contributed by atoms with Crippen LogP contribution in [-0.4, -0.2) is 45.9 Å². The summed E-state index contributed by atoms with van der Waals surface area (Å²) in [7, 11) is 0. The van der Waals surface area contributed by atoms with Crippen molar-refractivity contribution in [2.45, 2.75) is 0 Å². The molecule has 0 aliphatic carbocycles. The van der Waals surface area contributed by atoms with Crippen LogP contribution in [0.4, 0.5) is 5.95 Å². The van der Waals surface area contributed by atoms with Crippen molar-refractivity contribution < 1.29 is 0 Å². The number of piperazine rings is 1. The molecule has 1 fully saturated rings. The topological polar surface area (TPSA) is 58.9 Å². The highest BCUT2D eigenvalue weighted by Crippen LogP contribution is 2.09. The van der Waals surface area contributed by atoms with E-state index in [9.17, 15) is 0 Å². The average molecular weight is 230 g/mol. The van der Waals surface area contributed by atoms with Gasteiger partial charge in [0, 0.05) is 38.6 Å². The zero-order valence-electron chi connectivity index (χ0n) is 9.45. The van der Waals surface area contributed by atoms with E-state index in [4.69, 9.17) is 0 Å². The van der Waals surface area contributed by atoms with Gasteiger partial charge in [-0.3, -0.25) is 0 Å². The molecule has 88 valence electrons. The van der Waals surface area contributed by atoms with Gasteiger partial charge in [0.2, 0.25) is 5.95 Å². The van der Waals surface area contributed by atoms with Crippen molar-refractivity contribution in [1.82, 2.24) is 25.1 Å². The van der Waals surface area contributed by atoms with Crippen molar-refractivity contribution in [1.29, 1.82) is 0 Å². The molecule has 1 aliphatic heterocycles. The second kappa shape index (κ2) is 4.50. The molecule has 0 radical (unpaired) electrons. The molecule has 17 heavy (non-hydrogen) atoms. The minimum Gasteiger partial charge on any atom is -0.338 e. The summed E-state index contributed by atoms with van der Waals surface area (Å²) in [5, 5.41) is 7.45. The van der Waals surface area contributed by atoms with Crippen LogP contribution in [0.25, 0.3) is 5.69 Å². The molecule has 0 atom stereocenters. The van der Waals surface area contributed by atoms with Crippen molar-refractivity contribution in [3.8, 4) is 5.69 Å². The maximum absolute atomic E-state index is 4.38. The zero-order chi connectivity index (χ0) is 11.5. The Balaban J connectivity index is 1.80. The molecular formula is C11H14N6. The molecular weight excluding hydrogens is 216 g/mol. The summed E-state index contributed by atoms with van der Waals surface area (Å²) >= 11 is 0. The third kappa shape index (κ3) is 2.12. The van der Waals surface area contributed by atoms with Gasteiger partial charge >= 0.3 is 0 Å². The predicted octanol–water partition coefficient (Wildman–Crippen LogP) is 0.0719. The van der Waals surface area contributed by atoms with Crippen LogP contribution < -0.4 is 10.2 Å². The Bertz CT molecular complexity index is 457. The minimum absolute atomic E-state index is 0.794. The van der Waals surface area contributed by atoms with Gasteiger partial charge in [-0.1, -0.05) is 0 Å². The Kier molecular flexibility index (Phi) is 2.71. The van der Waals surface area contributed by atoms with Gasteiger partial charge in [-0.15, -0.1) is 0 Å². The Morgan fingerprint density at radius 2 is 1.88 bits per heavy atom. The van der Waals surface area contributed by atoms with Crippen molar-refractivity contribution >= 4 is 5.95 Å². The van der Waals surface area contributed by atoms with Crippen LogP contribution in [-0.2, 0) is 0 Å². The van der Waals surface area contributed by atoms with E-state index in [-0.39, 0.29) is 0 Å². The molecule has 2 aromatic heterocycles. The van der Waals surface area contributed by atoms with Crippen LogP contribution in [0, 0.1) is 0 Å². The Hall–Kier alpha value is -1.95. The van der Waals surface area contributed by atoms with Crippen LogP contribution in [0.15, 0.2) is 30.9 Å². The normalized spacial score (nSPS) is 16.1. The molecule has 2 aromatic rings. The fraction of sp³-hybridized carbons (Fsp3) is 0.364. The highest BCUT2D eigenvalue weighted by atomic mass is 15.3. The van der Waals surface area contributed by atoms with Gasteiger partial charge in [0.25, 0.3) is 0 Å². The lowest BCUT2D eigenvalue weighted by molar-refractivity contribution is 0.579. The van der Waals surface area contributed by atoms with Gasteiger partial charge < -0.3 is 10.2 Å². The standard InChI is InChI=1S/C11H14N6/c1-2-15-17(5-1)10-8-13-11(14-9-10)16-6-3-12-4-7-16/h1-2,5,8-9,12H,3-4,6-7H2. The fourth-order valence-electron chi connectivity index (χ4n) is 1.88. The summed E-state index contributed by atoms with van der Waals surface area (Å²) in [6.07, 6.45) is 7.22. The number of aromatic nitrogens is 4. The lowest BCUT2D eigenvalue weighted by Gasteiger charge is -2.27. The summed E-state index contributed by atoms with van der Waals surface area (Å²) in [5.41, 5.74) is 0.883. The lowest BCUT2D eigenvalue weighted by atomic mass is 10.4.